The second kappa shape index (κ2) is 7.72. The molecule has 0 bridgehead atoms. The first kappa shape index (κ1) is 19.8. The summed E-state index contributed by atoms with van der Waals surface area (Å²) in [5.74, 6) is 0.332. The molecule has 0 N–H and O–H groups in total. The maximum absolute atomic E-state index is 13.6. The molecule has 3 fully saturated rings. The average Bonchev–Trinajstić information content (AvgIpc) is 3.44. The molecule has 1 aromatic rings. The van der Waals surface area contributed by atoms with Crippen LogP contribution >= 0.6 is 0 Å². The Morgan fingerprint density at radius 3 is 2.61 bits per heavy atom. The lowest BCUT2D eigenvalue weighted by molar-refractivity contribution is -0.132. The van der Waals surface area contributed by atoms with Crippen molar-refractivity contribution in [3.05, 3.63) is 29.6 Å². The third kappa shape index (κ3) is 3.95. The van der Waals surface area contributed by atoms with Crippen molar-refractivity contribution in [2.24, 2.45) is 5.92 Å². The van der Waals surface area contributed by atoms with Gasteiger partial charge in [-0.25, -0.2) is 12.8 Å². The van der Waals surface area contributed by atoms with Crippen molar-refractivity contribution >= 4 is 15.9 Å². The molecule has 2 heterocycles. The minimum absolute atomic E-state index is 0.0356. The normalized spacial score (nSPS) is 25.3. The Morgan fingerprint density at radius 2 is 1.86 bits per heavy atom. The van der Waals surface area contributed by atoms with Gasteiger partial charge in [0.25, 0.3) is 0 Å². The summed E-state index contributed by atoms with van der Waals surface area (Å²) in [5, 5.41) is 0. The second-order valence-electron chi connectivity index (χ2n) is 8.24. The van der Waals surface area contributed by atoms with Crippen LogP contribution in [0, 0.1) is 18.7 Å². The maximum Gasteiger partial charge on any atom is 0.243 e. The lowest BCUT2D eigenvalue weighted by Gasteiger charge is -2.26. The Hall–Kier alpha value is -1.51. The summed E-state index contributed by atoms with van der Waals surface area (Å²) in [4.78, 5) is 16.9. The third-order valence-corrected chi connectivity index (χ3v) is 8.18. The molecule has 1 aromatic carbocycles. The van der Waals surface area contributed by atoms with E-state index in [1.165, 1.54) is 29.3 Å². The number of aryl methyl sites for hydroxylation is 1. The van der Waals surface area contributed by atoms with Gasteiger partial charge in [-0.1, -0.05) is 6.07 Å². The van der Waals surface area contributed by atoms with Crippen molar-refractivity contribution in [2.75, 3.05) is 39.3 Å². The summed E-state index contributed by atoms with van der Waals surface area (Å²) < 4.78 is 41.2. The summed E-state index contributed by atoms with van der Waals surface area (Å²) in [6.07, 6.45) is 3.94. The van der Waals surface area contributed by atoms with Crippen molar-refractivity contribution in [3.8, 4) is 0 Å². The van der Waals surface area contributed by atoms with Gasteiger partial charge in [0.2, 0.25) is 15.9 Å². The molecule has 2 saturated heterocycles. The van der Waals surface area contributed by atoms with Crippen molar-refractivity contribution in [1.82, 2.24) is 14.1 Å². The monoisotopic (exact) mass is 409 g/mol. The molecule has 154 valence electrons. The van der Waals surface area contributed by atoms with E-state index < -0.39 is 15.8 Å². The molecule has 0 unspecified atom stereocenters. The van der Waals surface area contributed by atoms with Crippen LogP contribution in [0.5, 0.6) is 0 Å². The van der Waals surface area contributed by atoms with Crippen LogP contribution in [0.15, 0.2) is 23.1 Å². The predicted octanol–water partition coefficient (Wildman–Crippen LogP) is 1.84. The fraction of sp³-hybridized carbons (Fsp3) is 0.650. The summed E-state index contributed by atoms with van der Waals surface area (Å²) in [6, 6.07) is 3.75. The first-order valence-electron chi connectivity index (χ1n) is 10.2. The highest BCUT2D eigenvalue weighted by atomic mass is 32.2. The van der Waals surface area contributed by atoms with Gasteiger partial charge in [0.15, 0.2) is 0 Å². The van der Waals surface area contributed by atoms with Gasteiger partial charge >= 0.3 is 0 Å². The molecule has 0 radical (unpaired) electrons. The number of halogens is 1. The molecular weight excluding hydrogens is 381 g/mol. The zero-order valence-electron chi connectivity index (χ0n) is 16.3. The van der Waals surface area contributed by atoms with E-state index >= 15 is 0 Å². The van der Waals surface area contributed by atoms with Crippen LogP contribution in [-0.4, -0.2) is 73.7 Å². The number of likely N-dealkylation sites (tertiary alicyclic amines) is 1. The van der Waals surface area contributed by atoms with Crippen LogP contribution in [0.4, 0.5) is 4.39 Å². The number of carbonyl (C=O) groups excluding carboxylic acids is 1. The van der Waals surface area contributed by atoms with Crippen molar-refractivity contribution in [1.29, 1.82) is 0 Å². The van der Waals surface area contributed by atoms with Crippen LogP contribution in [-0.2, 0) is 14.8 Å². The lowest BCUT2D eigenvalue weighted by atomic mass is 10.2. The van der Waals surface area contributed by atoms with E-state index in [-0.39, 0.29) is 16.8 Å². The van der Waals surface area contributed by atoms with Gasteiger partial charge in [-0.15, -0.1) is 0 Å². The highest BCUT2D eigenvalue weighted by Gasteiger charge is 2.39. The standard InChI is InChI=1S/C20H28FN3O3S/c1-15-3-6-17(21)13-19(15)28(26,27)24-9-2-8-22(11-12-24)18-7-10-23(20(18)25)14-16-4-5-16/h3,6,13,16,18H,2,4-5,7-12,14H2,1H3/t18-/m1/s1. The zero-order chi connectivity index (χ0) is 19.9. The SMILES string of the molecule is Cc1ccc(F)cc1S(=O)(=O)N1CCCN([C@@H]2CCN(CC3CC3)C2=O)CC1. The number of amides is 1. The Morgan fingerprint density at radius 1 is 1.07 bits per heavy atom. The number of nitrogens with zero attached hydrogens (tertiary/aromatic N) is 3. The second-order valence-corrected chi connectivity index (χ2v) is 10.1. The van der Waals surface area contributed by atoms with Crippen molar-refractivity contribution in [3.63, 3.8) is 0 Å². The van der Waals surface area contributed by atoms with E-state index in [1.54, 1.807) is 6.92 Å². The average molecular weight is 410 g/mol. The molecule has 3 aliphatic rings. The van der Waals surface area contributed by atoms with Crippen LogP contribution < -0.4 is 0 Å². The quantitative estimate of drug-likeness (QED) is 0.745. The molecule has 1 saturated carbocycles. The number of sulfonamides is 1. The fourth-order valence-electron chi connectivity index (χ4n) is 4.31. The van der Waals surface area contributed by atoms with Gasteiger partial charge in [-0.2, -0.15) is 4.31 Å². The Balaban J connectivity index is 1.43. The van der Waals surface area contributed by atoms with Crippen LogP contribution in [0.2, 0.25) is 0 Å². The van der Waals surface area contributed by atoms with E-state index in [0.717, 1.165) is 25.6 Å². The Labute approximate surface area is 166 Å². The molecule has 2 aliphatic heterocycles. The van der Waals surface area contributed by atoms with Crippen LogP contribution in [0.3, 0.4) is 0 Å². The topological polar surface area (TPSA) is 60.9 Å². The molecule has 6 nitrogen and oxygen atoms in total. The number of carbonyl (C=O) groups is 1. The van der Waals surface area contributed by atoms with Gasteiger partial charge in [-0.3, -0.25) is 9.69 Å². The van der Waals surface area contributed by atoms with E-state index in [0.29, 0.717) is 44.1 Å². The molecule has 1 atom stereocenters. The number of rotatable bonds is 5. The van der Waals surface area contributed by atoms with Gasteiger partial charge in [0, 0.05) is 39.3 Å². The van der Waals surface area contributed by atoms with Gasteiger partial charge in [-0.05, 0) is 56.2 Å². The number of hydrogen-bond donors (Lipinski definition) is 0. The smallest absolute Gasteiger partial charge is 0.243 e. The molecule has 0 aromatic heterocycles. The van der Waals surface area contributed by atoms with Gasteiger partial charge in [0.05, 0.1) is 10.9 Å². The largest absolute Gasteiger partial charge is 0.341 e. The third-order valence-electron chi connectivity index (χ3n) is 6.14. The summed E-state index contributed by atoms with van der Waals surface area (Å²) in [5.41, 5.74) is 0.546. The highest BCUT2D eigenvalue weighted by molar-refractivity contribution is 7.89. The van der Waals surface area contributed by atoms with Crippen molar-refractivity contribution in [2.45, 2.75) is 43.5 Å². The molecule has 8 heteroatoms. The molecule has 1 aliphatic carbocycles. The maximum atomic E-state index is 13.6. The fourth-order valence-corrected chi connectivity index (χ4v) is 6.02. The number of benzene rings is 1. The molecular formula is C20H28FN3O3S. The minimum atomic E-state index is -3.75. The summed E-state index contributed by atoms with van der Waals surface area (Å²) >= 11 is 0. The Bertz CT molecular complexity index is 856. The molecule has 4 rings (SSSR count). The highest BCUT2D eigenvalue weighted by Crippen LogP contribution is 2.32. The van der Waals surface area contributed by atoms with Crippen LogP contribution in [0.1, 0.15) is 31.2 Å². The molecule has 1 amide bonds. The van der Waals surface area contributed by atoms with Gasteiger partial charge < -0.3 is 4.90 Å². The molecule has 28 heavy (non-hydrogen) atoms. The van der Waals surface area contributed by atoms with Crippen LogP contribution in [0.25, 0.3) is 0 Å². The van der Waals surface area contributed by atoms with E-state index in [2.05, 4.69) is 4.90 Å². The predicted molar refractivity (Wildman–Crippen MR) is 104 cm³/mol. The van der Waals surface area contributed by atoms with E-state index in [1.807, 2.05) is 4.90 Å². The lowest BCUT2D eigenvalue weighted by Crippen LogP contribution is -2.44. The first-order valence-corrected chi connectivity index (χ1v) is 11.6. The van der Waals surface area contributed by atoms with Gasteiger partial charge in [0.1, 0.15) is 5.82 Å². The first-order chi connectivity index (χ1) is 13.4. The Kier molecular flexibility index (Phi) is 5.46. The minimum Gasteiger partial charge on any atom is -0.341 e. The summed E-state index contributed by atoms with van der Waals surface area (Å²) in [7, 11) is -3.75. The summed E-state index contributed by atoms with van der Waals surface area (Å²) in [6.45, 7) is 5.32. The number of hydrogen-bond acceptors (Lipinski definition) is 4. The van der Waals surface area contributed by atoms with Crippen molar-refractivity contribution < 1.29 is 17.6 Å². The van der Waals surface area contributed by atoms with E-state index in [9.17, 15) is 17.6 Å². The zero-order valence-corrected chi connectivity index (χ0v) is 17.1. The molecule has 0 spiro atoms. The van der Waals surface area contributed by atoms with E-state index in [4.69, 9.17) is 0 Å².